The third-order valence-electron chi connectivity index (χ3n) is 7.71. The van der Waals surface area contributed by atoms with Gasteiger partial charge in [0.05, 0.1) is 12.1 Å². The van der Waals surface area contributed by atoms with Crippen molar-refractivity contribution in [1.29, 1.82) is 0 Å². The molecule has 5 aliphatic rings. The number of carbonyl (C=O) groups is 2. The molecule has 1 heterocycles. The van der Waals surface area contributed by atoms with Gasteiger partial charge in [0.1, 0.15) is 0 Å². The summed E-state index contributed by atoms with van der Waals surface area (Å²) in [5, 5.41) is 7.39. The first-order chi connectivity index (χ1) is 11.1. The van der Waals surface area contributed by atoms with Crippen molar-refractivity contribution in [1.82, 2.24) is 10.6 Å². The minimum atomic E-state index is -0.0370. The SMILES string of the molecule is CC1CCC2C(C1)C(=O)C1NC3C(NC12)C(=O)C1CCCCC13. The number of nitrogens with one attached hydrogen (secondary N) is 2. The molecule has 5 fully saturated rings. The molecule has 4 aliphatic carbocycles. The molecule has 4 nitrogen and oxygen atoms in total. The molecule has 0 amide bonds. The number of hydrogen-bond donors (Lipinski definition) is 2. The van der Waals surface area contributed by atoms with Crippen molar-refractivity contribution in [2.45, 2.75) is 76.0 Å². The van der Waals surface area contributed by atoms with Crippen LogP contribution < -0.4 is 10.6 Å². The van der Waals surface area contributed by atoms with E-state index in [1.807, 2.05) is 0 Å². The molecule has 23 heavy (non-hydrogen) atoms. The summed E-state index contributed by atoms with van der Waals surface area (Å²) in [7, 11) is 0. The quantitative estimate of drug-likeness (QED) is 0.714. The van der Waals surface area contributed by atoms with Crippen LogP contribution in [0.2, 0.25) is 0 Å². The number of hydrogen-bond acceptors (Lipinski definition) is 4. The first kappa shape index (κ1) is 14.6. The monoisotopic (exact) mass is 316 g/mol. The minimum absolute atomic E-state index is 0.0322. The third-order valence-corrected chi connectivity index (χ3v) is 7.71. The van der Waals surface area contributed by atoms with Crippen LogP contribution >= 0.6 is 0 Å². The van der Waals surface area contributed by atoms with E-state index in [4.69, 9.17) is 0 Å². The van der Waals surface area contributed by atoms with E-state index in [9.17, 15) is 9.59 Å². The van der Waals surface area contributed by atoms with Gasteiger partial charge in [-0.05, 0) is 43.4 Å². The van der Waals surface area contributed by atoms with Crippen LogP contribution in [0.25, 0.3) is 0 Å². The summed E-state index contributed by atoms with van der Waals surface area (Å²) in [5.74, 6) is 2.93. The van der Waals surface area contributed by atoms with Crippen molar-refractivity contribution in [3.05, 3.63) is 0 Å². The van der Waals surface area contributed by atoms with E-state index in [0.717, 1.165) is 25.7 Å². The Morgan fingerprint density at radius 2 is 1.39 bits per heavy atom. The van der Waals surface area contributed by atoms with Gasteiger partial charge in [-0.1, -0.05) is 26.2 Å². The van der Waals surface area contributed by atoms with Crippen LogP contribution in [0.3, 0.4) is 0 Å². The first-order valence-corrected chi connectivity index (χ1v) is 9.74. The molecule has 4 heteroatoms. The van der Waals surface area contributed by atoms with Gasteiger partial charge < -0.3 is 10.6 Å². The van der Waals surface area contributed by atoms with Gasteiger partial charge in [-0.3, -0.25) is 9.59 Å². The van der Waals surface area contributed by atoms with E-state index in [0.29, 0.717) is 29.3 Å². The molecule has 0 bridgehead atoms. The molecule has 0 spiro atoms. The largest absolute Gasteiger partial charge is 0.301 e. The predicted octanol–water partition coefficient (Wildman–Crippen LogP) is 1.68. The highest BCUT2D eigenvalue weighted by molar-refractivity contribution is 5.94. The second kappa shape index (κ2) is 5.13. The van der Waals surface area contributed by atoms with E-state index in [-0.39, 0.29) is 36.0 Å². The second-order valence-corrected chi connectivity index (χ2v) is 8.89. The molecule has 2 N–H and O–H groups in total. The predicted molar refractivity (Wildman–Crippen MR) is 86.9 cm³/mol. The molecule has 0 aromatic carbocycles. The summed E-state index contributed by atoms with van der Waals surface area (Å²) in [6.07, 6.45) is 8.08. The fourth-order valence-electron chi connectivity index (χ4n) is 6.64. The maximum Gasteiger partial charge on any atom is 0.154 e. The molecular weight excluding hydrogens is 288 g/mol. The normalized spacial score (nSPS) is 55.1. The van der Waals surface area contributed by atoms with E-state index >= 15 is 0 Å². The zero-order valence-electron chi connectivity index (χ0n) is 14.0. The van der Waals surface area contributed by atoms with Crippen molar-refractivity contribution >= 4 is 11.6 Å². The number of piperazine rings is 1. The molecule has 1 saturated heterocycles. The van der Waals surface area contributed by atoms with Crippen LogP contribution in [0.1, 0.15) is 51.9 Å². The first-order valence-electron chi connectivity index (χ1n) is 9.74. The highest BCUT2D eigenvalue weighted by Crippen LogP contribution is 2.47. The molecule has 0 aromatic rings. The highest BCUT2D eigenvalue weighted by atomic mass is 16.1. The maximum absolute atomic E-state index is 13.0. The molecule has 9 atom stereocenters. The van der Waals surface area contributed by atoms with Crippen LogP contribution in [0.5, 0.6) is 0 Å². The van der Waals surface area contributed by atoms with Crippen molar-refractivity contribution in [3.8, 4) is 0 Å². The minimum Gasteiger partial charge on any atom is -0.301 e. The lowest BCUT2D eigenvalue weighted by Gasteiger charge is -2.41. The Bertz CT molecular complexity index is 547. The smallest absolute Gasteiger partial charge is 0.154 e. The Morgan fingerprint density at radius 3 is 2.13 bits per heavy atom. The van der Waals surface area contributed by atoms with Crippen LogP contribution in [0.4, 0.5) is 0 Å². The van der Waals surface area contributed by atoms with E-state index < -0.39 is 0 Å². The summed E-state index contributed by atoms with van der Waals surface area (Å²) in [6.45, 7) is 2.28. The van der Waals surface area contributed by atoms with Crippen LogP contribution in [0.15, 0.2) is 0 Å². The van der Waals surface area contributed by atoms with Crippen LogP contribution in [0, 0.1) is 29.6 Å². The standard InChI is InChI=1S/C19H28N2O2/c1-9-6-7-11-13(8-9)19(23)17-15(11)21-16-14(20-17)10-4-2-3-5-12(10)18(16)22/h9-17,20-21H,2-8H2,1H3. The zero-order chi connectivity index (χ0) is 15.7. The molecular formula is C19H28N2O2. The molecule has 1 aliphatic heterocycles. The lowest BCUT2D eigenvalue weighted by molar-refractivity contribution is -0.126. The van der Waals surface area contributed by atoms with Crippen molar-refractivity contribution in [2.75, 3.05) is 0 Å². The van der Waals surface area contributed by atoms with Crippen molar-refractivity contribution in [2.24, 2.45) is 29.6 Å². The van der Waals surface area contributed by atoms with E-state index in [1.165, 1.54) is 19.3 Å². The van der Waals surface area contributed by atoms with Gasteiger partial charge in [0, 0.05) is 23.9 Å². The van der Waals surface area contributed by atoms with Gasteiger partial charge in [0.15, 0.2) is 11.6 Å². The summed E-state index contributed by atoms with van der Waals surface area (Å²) < 4.78 is 0. The number of ketones is 2. The van der Waals surface area contributed by atoms with Gasteiger partial charge in [-0.15, -0.1) is 0 Å². The molecule has 0 radical (unpaired) electrons. The van der Waals surface area contributed by atoms with E-state index in [1.54, 1.807) is 0 Å². The lowest BCUT2D eigenvalue weighted by atomic mass is 9.75. The Morgan fingerprint density at radius 1 is 0.783 bits per heavy atom. The van der Waals surface area contributed by atoms with Crippen molar-refractivity contribution in [3.63, 3.8) is 0 Å². The Kier molecular flexibility index (Phi) is 3.25. The lowest BCUT2D eigenvalue weighted by Crippen LogP contribution is -2.67. The topological polar surface area (TPSA) is 58.2 Å². The molecule has 4 saturated carbocycles. The van der Waals surface area contributed by atoms with Crippen molar-refractivity contribution < 1.29 is 9.59 Å². The highest BCUT2D eigenvalue weighted by Gasteiger charge is 2.60. The zero-order valence-corrected chi connectivity index (χ0v) is 14.0. The van der Waals surface area contributed by atoms with Gasteiger partial charge in [-0.25, -0.2) is 0 Å². The summed E-state index contributed by atoms with van der Waals surface area (Å²) in [6, 6.07) is 0.334. The fourth-order valence-corrected chi connectivity index (χ4v) is 6.64. The molecule has 126 valence electrons. The van der Waals surface area contributed by atoms with Crippen LogP contribution in [-0.4, -0.2) is 35.7 Å². The Balaban J connectivity index is 1.43. The van der Waals surface area contributed by atoms with Gasteiger partial charge in [0.2, 0.25) is 0 Å². The summed E-state index contributed by atoms with van der Waals surface area (Å²) in [4.78, 5) is 25.8. The van der Waals surface area contributed by atoms with Gasteiger partial charge in [-0.2, -0.15) is 0 Å². The molecule has 9 unspecified atom stereocenters. The number of fused-ring (bicyclic) bond motifs is 6. The average Bonchev–Trinajstić information content (AvgIpc) is 3.00. The number of Topliss-reactive ketones (excluding diaryl/α,β-unsaturated/α-hetero) is 2. The molecule has 0 aromatic heterocycles. The van der Waals surface area contributed by atoms with Crippen LogP contribution in [-0.2, 0) is 9.59 Å². The Labute approximate surface area is 138 Å². The maximum atomic E-state index is 13.0. The third kappa shape index (κ3) is 1.97. The molecule has 5 rings (SSSR count). The van der Waals surface area contributed by atoms with Gasteiger partial charge >= 0.3 is 0 Å². The Hall–Kier alpha value is -0.740. The summed E-state index contributed by atoms with van der Waals surface area (Å²) >= 11 is 0. The second-order valence-electron chi connectivity index (χ2n) is 8.89. The average molecular weight is 316 g/mol. The number of rotatable bonds is 0. The van der Waals surface area contributed by atoms with Gasteiger partial charge in [0.25, 0.3) is 0 Å². The van der Waals surface area contributed by atoms with E-state index in [2.05, 4.69) is 17.6 Å². The number of carbonyl (C=O) groups excluding carboxylic acids is 2. The fraction of sp³-hybridized carbons (Fsp3) is 0.895. The summed E-state index contributed by atoms with van der Waals surface area (Å²) in [5.41, 5.74) is 0.